The third-order valence-corrected chi connectivity index (χ3v) is 8.46. The molecule has 0 aromatic heterocycles. The molecule has 0 bridgehead atoms. The summed E-state index contributed by atoms with van der Waals surface area (Å²) in [6.07, 6.45) is 10.6. The average molecular weight is 553 g/mol. The second-order valence-electron chi connectivity index (χ2n) is 10.7. The zero-order chi connectivity index (χ0) is 28.2. The lowest BCUT2D eigenvalue weighted by Gasteiger charge is -2.30. The topological polar surface area (TPSA) is 95.5 Å². The number of hydrogen-bond acceptors (Lipinski definition) is 4. The van der Waals surface area contributed by atoms with Crippen LogP contribution in [0.15, 0.2) is 42.5 Å². The molecule has 2 atom stereocenters. The number of carbonyl (C=O) groups is 3. The molecular formula is C32H44N2O4S. The Kier molecular flexibility index (Phi) is 12.4. The van der Waals surface area contributed by atoms with E-state index in [4.69, 9.17) is 0 Å². The average Bonchev–Trinajstić information content (AvgIpc) is 2.94. The van der Waals surface area contributed by atoms with E-state index in [0.717, 1.165) is 60.8 Å². The predicted molar refractivity (Wildman–Crippen MR) is 160 cm³/mol. The first kappa shape index (κ1) is 30.7. The number of thioether (sulfide) groups is 1. The maximum absolute atomic E-state index is 13.4. The number of nitrogens with one attached hydrogen (secondary N) is 2. The second-order valence-corrected chi connectivity index (χ2v) is 11.7. The van der Waals surface area contributed by atoms with Crippen LogP contribution in [-0.2, 0) is 16.0 Å². The van der Waals surface area contributed by atoms with Crippen LogP contribution >= 0.6 is 11.8 Å². The van der Waals surface area contributed by atoms with E-state index in [0.29, 0.717) is 36.6 Å². The van der Waals surface area contributed by atoms with Gasteiger partial charge < -0.3 is 15.7 Å². The molecule has 1 unspecified atom stereocenters. The van der Waals surface area contributed by atoms with Gasteiger partial charge in [-0.3, -0.25) is 9.59 Å². The zero-order valence-electron chi connectivity index (χ0n) is 23.6. The van der Waals surface area contributed by atoms with Crippen molar-refractivity contribution in [2.75, 3.05) is 18.6 Å². The minimum absolute atomic E-state index is 0.102. The summed E-state index contributed by atoms with van der Waals surface area (Å²) in [5.41, 5.74) is 4.20. The summed E-state index contributed by atoms with van der Waals surface area (Å²) in [7, 11) is 0. The molecule has 2 aromatic rings. The summed E-state index contributed by atoms with van der Waals surface area (Å²) in [4.78, 5) is 38.6. The Bertz CT molecular complexity index is 1110. The van der Waals surface area contributed by atoms with Crippen molar-refractivity contribution in [3.05, 3.63) is 59.2 Å². The zero-order valence-corrected chi connectivity index (χ0v) is 24.4. The van der Waals surface area contributed by atoms with Crippen molar-refractivity contribution >= 4 is 29.5 Å². The summed E-state index contributed by atoms with van der Waals surface area (Å²) in [5.74, 6) is -0.394. The Hall–Kier alpha value is -2.80. The Labute approximate surface area is 237 Å². The van der Waals surface area contributed by atoms with Crippen molar-refractivity contribution in [1.29, 1.82) is 0 Å². The molecule has 0 radical (unpaired) electrons. The molecule has 7 heteroatoms. The lowest BCUT2D eigenvalue weighted by atomic mass is 9.76. The lowest BCUT2D eigenvalue weighted by Crippen LogP contribution is -2.41. The highest BCUT2D eigenvalue weighted by atomic mass is 32.2. The van der Waals surface area contributed by atoms with Gasteiger partial charge in [0.05, 0.1) is 0 Å². The second kappa shape index (κ2) is 15.7. The fourth-order valence-corrected chi connectivity index (χ4v) is 6.00. The molecule has 0 spiro atoms. The summed E-state index contributed by atoms with van der Waals surface area (Å²) >= 11 is 1.55. The van der Waals surface area contributed by atoms with E-state index < -0.39 is 17.9 Å². The van der Waals surface area contributed by atoms with Gasteiger partial charge in [0.2, 0.25) is 5.91 Å². The highest BCUT2D eigenvalue weighted by Crippen LogP contribution is 2.34. The standard InChI is InChI=1S/C32H44N2O4S/c1-4-5-18-33-30(35)27(24-12-7-6-8-13-24)20-23-15-16-26(28(21-23)25-14-10-9-11-22(25)2)31(36)34-29(32(37)38)17-19-39-3/h9-11,14-16,21,24,27,29H,4-8,12-13,17-20H2,1-3H3,(H,33,35)(H,34,36)(H,37,38)/t27?,29-/m0/s1. The molecule has 1 aliphatic carbocycles. The van der Waals surface area contributed by atoms with Crippen LogP contribution in [0.2, 0.25) is 0 Å². The third-order valence-electron chi connectivity index (χ3n) is 7.82. The van der Waals surface area contributed by atoms with E-state index in [2.05, 4.69) is 17.6 Å². The van der Waals surface area contributed by atoms with Crippen molar-refractivity contribution in [1.82, 2.24) is 10.6 Å². The molecule has 3 rings (SSSR count). The van der Waals surface area contributed by atoms with Gasteiger partial charge in [0, 0.05) is 18.0 Å². The number of aliphatic carboxylic acids is 1. The van der Waals surface area contributed by atoms with Gasteiger partial charge in [-0.2, -0.15) is 11.8 Å². The number of rotatable bonds is 14. The SMILES string of the molecule is CCCCNC(=O)C(Cc1ccc(C(=O)N[C@@H](CCSC)C(=O)O)c(-c2ccccc2C)c1)C1CCCCC1. The van der Waals surface area contributed by atoms with E-state index in [9.17, 15) is 19.5 Å². The first-order valence-electron chi connectivity index (χ1n) is 14.3. The first-order valence-corrected chi connectivity index (χ1v) is 15.7. The lowest BCUT2D eigenvalue weighted by molar-refractivity contribution is -0.139. The molecule has 0 saturated heterocycles. The molecule has 3 N–H and O–H groups in total. The van der Waals surface area contributed by atoms with E-state index in [1.807, 2.05) is 49.6 Å². The molecule has 212 valence electrons. The van der Waals surface area contributed by atoms with Crippen LogP contribution in [0.4, 0.5) is 0 Å². The van der Waals surface area contributed by atoms with E-state index >= 15 is 0 Å². The Balaban J connectivity index is 1.95. The van der Waals surface area contributed by atoms with Crippen LogP contribution in [0.1, 0.15) is 79.8 Å². The number of carboxylic acids is 1. The fourth-order valence-electron chi connectivity index (χ4n) is 5.53. The van der Waals surface area contributed by atoms with Crippen molar-refractivity contribution in [2.45, 2.75) is 77.7 Å². The summed E-state index contributed by atoms with van der Waals surface area (Å²) in [6, 6.07) is 12.7. The van der Waals surface area contributed by atoms with E-state index in [1.165, 1.54) is 6.42 Å². The first-order chi connectivity index (χ1) is 18.8. The molecule has 1 saturated carbocycles. The normalized spacial score (nSPS) is 15.4. The minimum atomic E-state index is -1.03. The maximum Gasteiger partial charge on any atom is 0.326 e. The minimum Gasteiger partial charge on any atom is -0.480 e. The van der Waals surface area contributed by atoms with Gasteiger partial charge in [-0.05, 0) is 85.3 Å². The molecular weight excluding hydrogens is 508 g/mol. The molecule has 1 aliphatic rings. The van der Waals surface area contributed by atoms with Crippen LogP contribution in [0, 0.1) is 18.8 Å². The molecule has 0 heterocycles. The molecule has 6 nitrogen and oxygen atoms in total. The smallest absolute Gasteiger partial charge is 0.326 e. The van der Waals surface area contributed by atoms with Crippen LogP contribution in [-0.4, -0.2) is 47.5 Å². The van der Waals surface area contributed by atoms with Crippen LogP contribution < -0.4 is 10.6 Å². The largest absolute Gasteiger partial charge is 0.480 e. The number of carbonyl (C=O) groups excluding carboxylic acids is 2. The van der Waals surface area contributed by atoms with Gasteiger partial charge in [-0.25, -0.2) is 4.79 Å². The Morgan fingerprint density at radius 1 is 1.05 bits per heavy atom. The number of hydrogen-bond donors (Lipinski definition) is 3. The van der Waals surface area contributed by atoms with Gasteiger partial charge in [0.15, 0.2) is 0 Å². The summed E-state index contributed by atoms with van der Waals surface area (Å²) in [6.45, 7) is 4.83. The van der Waals surface area contributed by atoms with Gasteiger partial charge in [-0.15, -0.1) is 0 Å². The number of unbranched alkanes of at least 4 members (excludes halogenated alkanes) is 1. The maximum atomic E-state index is 13.4. The molecule has 2 amide bonds. The Morgan fingerprint density at radius 2 is 1.79 bits per heavy atom. The monoisotopic (exact) mass is 552 g/mol. The van der Waals surface area contributed by atoms with E-state index in [-0.39, 0.29) is 11.8 Å². The number of aryl methyl sites for hydroxylation is 1. The molecule has 39 heavy (non-hydrogen) atoms. The van der Waals surface area contributed by atoms with Gasteiger partial charge in [0.25, 0.3) is 5.91 Å². The predicted octanol–water partition coefficient (Wildman–Crippen LogP) is 6.25. The van der Waals surface area contributed by atoms with E-state index in [1.54, 1.807) is 17.8 Å². The third kappa shape index (κ3) is 8.85. The van der Waals surface area contributed by atoms with Crippen molar-refractivity contribution in [3.63, 3.8) is 0 Å². The van der Waals surface area contributed by atoms with Gasteiger partial charge in [-0.1, -0.05) is 69.0 Å². The van der Waals surface area contributed by atoms with Gasteiger partial charge in [0.1, 0.15) is 6.04 Å². The summed E-state index contributed by atoms with van der Waals surface area (Å²) in [5, 5.41) is 15.6. The van der Waals surface area contributed by atoms with Crippen LogP contribution in [0.25, 0.3) is 11.1 Å². The van der Waals surface area contributed by atoms with Crippen molar-refractivity contribution in [2.24, 2.45) is 11.8 Å². The van der Waals surface area contributed by atoms with Gasteiger partial charge >= 0.3 is 5.97 Å². The number of amides is 2. The van der Waals surface area contributed by atoms with Crippen LogP contribution in [0.3, 0.4) is 0 Å². The molecule has 1 fully saturated rings. The van der Waals surface area contributed by atoms with Crippen molar-refractivity contribution < 1.29 is 19.5 Å². The fraction of sp³-hybridized carbons (Fsp3) is 0.531. The van der Waals surface area contributed by atoms with Crippen molar-refractivity contribution in [3.8, 4) is 11.1 Å². The molecule has 0 aliphatic heterocycles. The highest BCUT2D eigenvalue weighted by molar-refractivity contribution is 7.98. The number of benzene rings is 2. The van der Waals surface area contributed by atoms with Crippen LogP contribution in [0.5, 0.6) is 0 Å². The summed E-state index contributed by atoms with van der Waals surface area (Å²) < 4.78 is 0. The molecule has 2 aromatic carbocycles. The Morgan fingerprint density at radius 3 is 2.46 bits per heavy atom. The highest BCUT2D eigenvalue weighted by Gasteiger charge is 2.30. The quantitative estimate of drug-likeness (QED) is 0.241. The number of carboxylic acid groups (broad SMARTS) is 1.